The average molecular weight is 637 g/mol. The summed E-state index contributed by atoms with van der Waals surface area (Å²) in [5.74, 6) is -4.77. The molecule has 4 aliphatic rings. The van der Waals surface area contributed by atoms with Gasteiger partial charge in [0, 0.05) is 17.9 Å². The Bertz CT molecular complexity index is 1310. The minimum absolute atomic E-state index is 0.000393. The van der Waals surface area contributed by atoms with Crippen molar-refractivity contribution in [2.75, 3.05) is 0 Å². The smallest absolute Gasteiger partial charge is 0.481 e. The average Bonchev–Trinajstić information content (AvgIpc) is 3.35. The van der Waals surface area contributed by atoms with Crippen molar-refractivity contribution < 1.29 is 52.0 Å². The molecule has 2 N–H and O–H groups in total. The predicted octanol–water partition coefficient (Wildman–Crippen LogP) is 6.24. The number of aliphatic carboxylic acids is 1. The molecular weight excluding hydrogens is 593 g/mol. The number of aliphatic hydroxyl groups excluding tert-OH is 1. The van der Waals surface area contributed by atoms with Crippen LogP contribution in [0.25, 0.3) is 0 Å². The Morgan fingerprint density at radius 2 is 1.80 bits per heavy atom. The number of benzene rings is 1. The summed E-state index contributed by atoms with van der Waals surface area (Å²) in [6.45, 7) is 6.08. The van der Waals surface area contributed by atoms with E-state index in [4.69, 9.17) is 9.47 Å². The second-order valence-corrected chi connectivity index (χ2v) is 14.4. The van der Waals surface area contributed by atoms with Gasteiger partial charge in [0.25, 0.3) is 0 Å². The number of ether oxygens (including phenoxy) is 2. The molecule has 45 heavy (non-hydrogen) atoms. The maximum absolute atomic E-state index is 13.5. The van der Waals surface area contributed by atoms with E-state index in [1.54, 1.807) is 18.2 Å². The zero-order valence-corrected chi connectivity index (χ0v) is 25.9. The summed E-state index contributed by atoms with van der Waals surface area (Å²) in [4.78, 5) is 47.7. The minimum atomic E-state index is -5.15. The highest BCUT2D eigenvalue weighted by molar-refractivity contribution is 5.91. The second kappa shape index (κ2) is 12.3. The van der Waals surface area contributed by atoms with Crippen LogP contribution in [0.15, 0.2) is 24.3 Å². The molecule has 0 saturated heterocycles. The third-order valence-electron chi connectivity index (χ3n) is 12.3. The maximum atomic E-state index is 13.5. The predicted molar refractivity (Wildman–Crippen MR) is 155 cm³/mol. The van der Waals surface area contributed by atoms with Gasteiger partial charge in [0.15, 0.2) is 0 Å². The first-order chi connectivity index (χ1) is 21.1. The SMILES string of the molecule is C[C@H](CCC(=O)O)[C@H]1CC[C@H]2[C@@H]3[C@H](OC(=O)C(F)(F)F)C[C@@H]4C[C@H](OC(=O)c5cccc(C=O)c5)CC[C@]4(C)[C@H]3C[C@H](O)[C@]12C. The van der Waals surface area contributed by atoms with E-state index in [-0.39, 0.29) is 53.4 Å². The van der Waals surface area contributed by atoms with Crippen molar-refractivity contribution >= 4 is 24.2 Å². The molecule has 4 aliphatic carbocycles. The molecule has 0 unspecified atom stereocenters. The van der Waals surface area contributed by atoms with Gasteiger partial charge in [-0.25, -0.2) is 9.59 Å². The molecule has 11 atom stereocenters. The Kier molecular flexibility index (Phi) is 9.16. The third kappa shape index (κ3) is 6.13. The fourth-order valence-electron chi connectivity index (χ4n) is 10.0. The van der Waals surface area contributed by atoms with Crippen molar-refractivity contribution in [2.24, 2.45) is 46.3 Å². The zero-order valence-electron chi connectivity index (χ0n) is 25.9. The molecule has 0 bridgehead atoms. The van der Waals surface area contributed by atoms with Crippen LogP contribution in [0.2, 0.25) is 0 Å². The van der Waals surface area contributed by atoms with Gasteiger partial charge in [0.05, 0.1) is 11.7 Å². The maximum Gasteiger partial charge on any atom is 0.490 e. The quantitative estimate of drug-likeness (QED) is 0.254. The standard InChI is InChI=1S/C34H43F3O8/c1-18(7-10-28(40)41)23-8-9-24-29-25(16-27(39)33(23,24)3)32(2)12-11-22(44-30(42)20-6-4-5-19(13-20)17-38)14-21(32)15-26(29)45-31(43)34(35,36)37/h4-6,13,17-18,21-27,29,39H,7-12,14-16H2,1-3H3,(H,40,41)/t18-,21+,22-,23-,24+,25+,26-,27+,29+,32+,33-/m1/s1. The van der Waals surface area contributed by atoms with Crippen molar-refractivity contribution in [1.29, 1.82) is 0 Å². The van der Waals surface area contributed by atoms with Gasteiger partial charge < -0.3 is 19.7 Å². The molecule has 0 heterocycles. The van der Waals surface area contributed by atoms with E-state index in [2.05, 4.69) is 6.92 Å². The van der Waals surface area contributed by atoms with Crippen LogP contribution in [0.4, 0.5) is 13.2 Å². The molecule has 0 radical (unpaired) electrons. The highest BCUT2D eigenvalue weighted by atomic mass is 19.4. The molecule has 4 fully saturated rings. The fourth-order valence-corrected chi connectivity index (χ4v) is 10.0. The summed E-state index contributed by atoms with van der Waals surface area (Å²) < 4.78 is 51.8. The summed E-state index contributed by atoms with van der Waals surface area (Å²) in [6.07, 6.45) is -2.92. The molecular formula is C34H43F3O8. The monoisotopic (exact) mass is 636 g/mol. The molecule has 1 aromatic rings. The summed E-state index contributed by atoms with van der Waals surface area (Å²) >= 11 is 0. The van der Waals surface area contributed by atoms with Crippen LogP contribution in [0, 0.1) is 46.3 Å². The van der Waals surface area contributed by atoms with Gasteiger partial charge in [0.1, 0.15) is 18.5 Å². The molecule has 8 nitrogen and oxygen atoms in total. The molecule has 0 aliphatic heterocycles. The summed E-state index contributed by atoms with van der Waals surface area (Å²) in [5.41, 5.74) is -0.478. The number of hydrogen-bond donors (Lipinski definition) is 2. The Morgan fingerprint density at radius 1 is 1.07 bits per heavy atom. The van der Waals surface area contributed by atoms with Crippen molar-refractivity contribution in [3.63, 3.8) is 0 Å². The van der Waals surface area contributed by atoms with Crippen molar-refractivity contribution in [1.82, 2.24) is 0 Å². The number of halogens is 3. The van der Waals surface area contributed by atoms with Crippen LogP contribution in [0.3, 0.4) is 0 Å². The molecule has 4 saturated carbocycles. The molecule has 0 aromatic heterocycles. The van der Waals surface area contributed by atoms with Gasteiger partial charge in [0.2, 0.25) is 0 Å². The van der Waals surface area contributed by atoms with E-state index in [1.807, 2.05) is 13.8 Å². The van der Waals surface area contributed by atoms with Crippen LogP contribution in [0.1, 0.15) is 99.3 Å². The molecule has 248 valence electrons. The molecule has 1 aromatic carbocycles. The first-order valence-corrected chi connectivity index (χ1v) is 16.0. The van der Waals surface area contributed by atoms with Gasteiger partial charge in [-0.3, -0.25) is 9.59 Å². The molecule has 11 heteroatoms. The lowest BCUT2D eigenvalue weighted by atomic mass is 9.43. The van der Waals surface area contributed by atoms with Gasteiger partial charge in [-0.15, -0.1) is 0 Å². The van der Waals surface area contributed by atoms with E-state index in [9.17, 15) is 42.6 Å². The number of carbonyl (C=O) groups excluding carboxylic acids is 3. The van der Waals surface area contributed by atoms with Crippen LogP contribution in [-0.4, -0.2) is 58.9 Å². The highest BCUT2D eigenvalue weighted by Gasteiger charge is 2.67. The second-order valence-electron chi connectivity index (χ2n) is 14.4. The largest absolute Gasteiger partial charge is 0.490 e. The normalized spacial score (nSPS) is 38.2. The number of aldehydes is 1. The minimum Gasteiger partial charge on any atom is -0.481 e. The lowest BCUT2D eigenvalue weighted by Gasteiger charge is -2.64. The van der Waals surface area contributed by atoms with Crippen LogP contribution in [-0.2, 0) is 19.1 Å². The Balaban J connectivity index is 1.41. The van der Waals surface area contributed by atoms with Gasteiger partial charge in [-0.1, -0.05) is 32.9 Å². The van der Waals surface area contributed by atoms with Crippen molar-refractivity contribution in [3.8, 4) is 0 Å². The first-order valence-electron chi connectivity index (χ1n) is 16.0. The molecule has 0 amide bonds. The van der Waals surface area contributed by atoms with E-state index in [1.165, 1.54) is 6.07 Å². The summed E-state index contributed by atoms with van der Waals surface area (Å²) in [6, 6.07) is 6.15. The number of alkyl halides is 3. The van der Waals surface area contributed by atoms with E-state index in [0.717, 1.165) is 0 Å². The zero-order chi connectivity index (χ0) is 32.9. The number of carboxylic acids is 1. The third-order valence-corrected chi connectivity index (χ3v) is 12.3. The van der Waals surface area contributed by atoms with Gasteiger partial charge >= 0.3 is 24.1 Å². The van der Waals surface area contributed by atoms with E-state index < -0.39 is 53.7 Å². The Hall–Kier alpha value is -2.95. The number of hydrogen-bond acceptors (Lipinski definition) is 7. The molecule has 5 rings (SSSR count). The highest BCUT2D eigenvalue weighted by Crippen LogP contribution is 2.69. The van der Waals surface area contributed by atoms with E-state index >= 15 is 0 Å². The van der Waals surface area contributed by atoms with Gasteiger partial charge in [-0.2, -0.15) is 13.2 Å². The van der Waals surface area contributed by atoms with Crippen LogP contribution in [0.5, 0.6) is 0 Å². The summed E-state index contributed by atoms with van der Waals surface area (Å²) in [7, 11) is 0. The Labute approximate surface area is 261 Å². The fraction of sp³-hybridized carbons (Fsp3) is 0.706. The summed E-state index contributed by atoms with van der Waals surface area (Å²) in [5, 5.41) is 21.1. The van der Waals surface area contributed by atoms with Crippen molar-refractivity contribution in [3.05, 3.63) is 35.4 Å². The number of fused-ring (bicyclic) bond motifs is 5. The topological polar surface area (TPSA) is 127 Å². The number of rotatable bonds is 8. The number of carboxylic acid groups (broad SMARTS) is 1. The Morgan fingerprint density at radius 3 is 2.47 bits per heavy atom. The van der Waals surface area contributed by atoms with Crippen LogP contribution >= 0.6 is 0 Å². The van der Waals surface area contributed by atoms with Gasteiger partial charge in [-0.05, 0) is 104 Å². The van der Waals surface area contributed by atoms with E-state index in [0.29, 0.717) is 56.8 Å². The molecule has 0 spiro atoms. The van der Waals surface area contributed by atoms with Crippen molar-refractivity contribution in [2.45, 2.75) is 103 Å². The number of esters is 2. The first kappa shape index (κ1) is 33.4. The lowest BCUT2D eigenvalue weighted by molar-refractivity contribution is -0.237. The van der Waals surface area contributed by atoms with Crippen LogP contribution < -0.4 is 0 Å². The lowest BCUT2D eigenvalue weighted by Crippen LogP contribution is -2.63. The number of aliphatic hydroxyl groups is 1. The number of carbonyl (C=O) groups is 4.